The van der Waals surface area contributed by atoms with Gasteiger partial charge in [-0.25, -0.2) is 0 Å². The van der Waals surface area contributed by atoms with Crippen LogP contribution >= 0.6 is 0 Å². The largest absolute Gasteiger partial charge is 0.375 e. The summed E-state index contributed by atoms with van der Waals surface area (Å²) in [6.07, 6.45) is 9.44. The predicted octanol–water partition coefficient (Wildman–Crippen LogP) is 2.08. The van der Waals surface area contributed by atoms with Crippen molar-refractivity contribution in [3.8, 4) is 0 Å². The van der Waals surface area contributed by atoms with Gasteiger partial charge in [-0.3, -0.25) is 4.79 Å². The van der Waals surface area contributed by atoms with Crippen LogP contribution in [0.3, 0.4) is 0 Å². The summed E-state index contributed by atoms with van der Waals surface area (Å²) in [6.45, 7) is 4.17. The minimum Gasteiger partial charge on any atom is -0.375 e. The molecule has 0 radical (unpaired) electrons. The maximum absolute atomic E-state index is 12.5. The second-order valence-corrected chi connectivity index (χ2v) is 6.76. The lowest BCUT2D eigenvalue weighted by Crippen LogP contribution is -2.42. The van der Waals surface area contributed by atoms with Crippen molar-refractivity contribution in [3.63, 3.8) is 0 Å². The van der Waals surface area contributed by atoms with Gasteiger partial charge in [0.15, 0.2) is 0 Å². The molecule has 4 nitrogen and oxygen atoms in total. The molecular weight excluding hydrogens is 252 g/mol. The van der Waals surface area contributed by atoms with Crippen LogP contribution in [0, 0.1) is 0 Å². The number of rotatable bonds is 6. The number of hydrogen-bond donors (Lipinski definition) is 1. The van der Waals surface area contributed by atoms with E-state index in [4.69, 9.17) is 4.74 Å². The van der Waals surface area contributed by atoms with E-state index in [2.05, 4.69) is 17.1 Å². The molecular formula is C16H28N2O2. The van der Waals surface area contributed by atoms with Crippen molar-refractivity contribution in [2.24, 2.45) is 0 Å². The molecule has 2 saturated heterocycles. The number of hydrogen-bond acceptors (Lipinski definition) is 3. The number of carbonyl (C=O) groups excluding carboxylic acids is 1. The zero-order valence-electron chi connectivity index (χ0n) is 12.6. The third-order valence-electron chi connectivity index (χ3n) is 4.89. The van der Waals surface area contributed by atoms with Gasteiger partial charge >= 0.3 is 0 Å². The van der Waals surface area contributed by atoms with Crippen LogP contribution in [0.2, 0.25) is 0 Å². The van der Waals surface area contributed by atoms with Crippen LogP contribution in [-0.2, 0) is 9.53 Å². The van der Waals surface area contributed by atoms with Crippen LogP contribution in [0.5, 0.6) is 0 Å². The molecule has 3 atom stereocenters. The van der Waals surface area contributed by atoms with Crippen LogP contribution in [-0.4, -0.2) is 48.2 Å². The Morgan fingerprint density at radius 3 is 2.70 bits per heavy atom. The maximum Gasteiger partial charge on any atom is 0.222 e. The van der Waals surface area contributed by atoms with E-state index in [0.29, 0.717) is 36.6 Å². The molecule has 3 rings (SSSR count). The topological polar surface area (TPSA) is 41.6 Å². The van der Waals surface area contributed by atoms with E-state index in [9.17, 15) is 4.79 Å². The monoisotopic (exact) mass is 280 g/mol. The fourth-order valence-electron chi connectivity index (χ4n) is 3.52. The highest BCUT2D eigenvalue weighted by atomic mass is 16.5. The smallest absolute Gasteiger partial charge is 0.222 e. The van der Waals surface area contributed by atoms with Crippen molar-refractivity contribution in [1.29, 1.82) is 0 Å². The molecule has 1 aliphatic carbocycles. The van der Waals surface area contributed by atoms with Gasteiger partial charge in [-0.2, -0.15) is 0 Å². The van der Waals surface area contributed by atoms with Crippen molar-refractivity contribution in [3.05, 3.63) is 0 Å². The van der Waals surface area contributed by atoms with Crippen molar-refractivity contribution in [1.82, 2.24) is 10.2 Å². The van der Waals surface area contributed by atoms with E-state index in [0.717, 1.165) is 32.4 Å². The van der Waals surface area contributed by atoms with Crippen molar-refractivity contribution in [2.75, 3.05) is 13.1 Å². The molecule has 1 saturated carbocycles. The zero-order chi connectivity index (χ0) is 13.9. The Morgan fingerprint density at radius 1 is 1.25 bits per heavy atom. The van der Waals surface area contributed by atoms with Gasteiger partial charge in [0.2, 0.25) is 5.91 Å². The molecule has 1 N–H and O–H groups in total. The van der Waals surface area contributed by atoms with Gasteiger partial charge < -0.3 is 15.0 Å². The number of carbonyl (C=O) groups is 1. The van der Waals surface area contributed by atoms with Gasteiger partial charge in [-0.1, -0.05) is 0 Å². The molecule has 3 fully saturated rings. The summed E-state index contributed by atoms with van der Waals surface area (Å²) in [5, 5.41) is 3.51. The third kappa shape index (κ3) is 3.73. The van der Waals surface area contributed by atoms with Crippen LogP contribution in [0.25, 0.3) is 0 Å². The summed E-state index contributed by atoms with van der Waals surface area (Å²) in [6, 6.07) is 1.07. The highest BCUT2D eigenvalue weighted by Gasteiger charge is 2.34. The lowest BCUT2D eigenvalue weighted by atomic mass is 10.1. The number of amides is 1. The highest BCUT2D eigenvalue weighted by molar-refractivity contribution is 5.77. The number of nitrogens with zero attached hydrogens (tertiary/aromatic N) is 1. The maximum atomic E-state index is 12.5. The fourth-order valence-corrected chi connectivity index (χ4v) is 3.52. The first-order valence-corrected chi connectivity index (χ1v) is 8.40. The first kappa shape index (κ1) is 14.3. The van der Waals surface area contributed by atoms with Gasteiger partial charge in [0.05, 0.1) is 12.2 Å². The molecule has 1 amide bonds. The molecule has 0 aromatic carbocycles. The van der Waals surface area contributed by atoms with E-state index < -0.39 is 0 Å². The van der Waals surface area contributed by atoms with Gasteiger partial charge in [0.1, 0.15) is 0 Å². The zero-order valence-corrected chi connectivity index (χ0v) is 12.6. The molecule has 0 bridgehead atoms. The Kier molecular flexibility index (Phi) is 4.61. The van der Waals surface area contributed by atoms with E-state index in [1.807, 2.05) is 0 Å². The Hall–Kier alpha value is -0.610. The van der Waals surface area contributed by atoms with E-state index in [1.165, 1.54) is 25.7 Å². The minimum atomic E-state index is 0.319. The first-order chi connectivity index (χ1) is 9.72. The Morgan fingerprint density at radius 2 is 2.10 bits per heavy atom. The summed E-state index contributed by atoms with van der Waals surface area (Å²) in [5.41, 5.74) is 0. The normalized spacial score (nSPS) is 33.5. The summed E-state index contributed by atoms with van der Waals surface area (Å²) in [4.78, 5) is 14.6. The number of nitrogens with one attached hydrogen (secondary N) is 1. The Labute approximate surface area is 122 Å². The summed E-state index contributed by atoms with van der Waals surface area (Å²) in [7, 11) is 0. The quantitative estimate of drug-likeness (QED) is 0.810. The molecule has 2 aliphatic heterocycles. The SMILES string of the molecule is CC1CCC(CCC(=O)N(CC2CCCN2)C2CC2)O1. The Balaban J connectivity index is 1.45. The molecule has 3 unspecified atom stereocenters. The molecule has 20 heavy (non-hydrogen) atoms. The van der Waals surface area contributed by atoms with Gasteiger partial charge in [0, 0.05) is 25.0 Å². The van der Waals surface area contributed by atoms with Gasteiger partial charge in [-0.15, -0.1) is 0 Å². The second kappa shape index (κ2) is 6.44. The van der Waals surface area contributed by atoms with Crippen LogP contribution < -0.4 is 5.32 Å². The average Bonchev–Trinajstić information content (AvgIpc) is 2.97. The first-order valence-electron chi connectivity index (χ1n) is 8.40. The summed E-state index contributed by atoms with van der Waals surface area (Å²) >= 11 is 0. The average molecular weight is 280 g/mol. The van der Waals surface area contributed by atoms with Gasteiger partial charge in [-0.05, 0) is 58.4 Å². The van der Waals surface area contributed by atoms with Gasteiger partial charge in [0.25, 0.3) is 0 Å². The fraction of sp³-hybridized carbons (Fsp3) is 0.938. The van der Waals surface area contributed by atoms with Crippen LogP contribution in [0.4, 0.5) is 0 Å². The molecule has 4 heteroatoms. The molecule has 0 spiro atoms. The minimum absolute atomic E-state index is 0.319. The van der Waals surface area contributed by atoms with E-state index in [-0.39, 0.29) is 0 Å². The Bertz CT molecular complexity index is 337. The lowest BCUT2D eigenvalue weighted by Gasteiger charge is -2.26. The van der Waals surface area contributed by atoms with Crippen molar-refractivity contribution in [2.45, 2.75) is 82.6 Å². The highest BCUT2D eigenvalue weighted by Crippen LogP contribution is 2.29. The molecule has 3 aliphatic rings. The summed E-state index contributed by atoms with van der Waals surface area (Å²) < 4.78 is 5.82. The van der Waals surface area contributed by atoms with Crippen molar-refractivity contribution >= 4 is 5.91 Å². The van der Waals surface area contributed by atoms with E-state index >= 15 is 0 Å². The lowest BCUT2D eigenvalue weighted by molar-refractivity contribution is -0.132. The predicted molar refractivity (Wildman–Crippen MR) is 78.6 cm³/mol. The van der Waals surface area contributed by atoms with Crippen LogP contribution in [0.1, 0.15) is 58.3 Å². The molecule has 0 aromatic rings. The molecule has 2 heterocycles. The number of ether oxygens (including phenoxy) is 1. The van der Waals surface area contributed by atoms with E-state index in [1.54, 1.807) is 0 Å². The second-order valence-electron chi connectivity index (χ2n) is 6.76. The molecule has 0 aromatic heterocycles. The summed E-state index contributed by atoms with van der Waals surface area (Å²) in [5.74, 6) is 0.351. The third-order valence-corrected chi connectivity index (χ3v) is 4.89. The molecule has 114 valence electrons. The van der Waals surface area contributed by atoms with Crippen LogP contribution in [0.15, 0.2) is 0 Å². The van der Waals surface area contributed by atoms with Crippen molar-refractivity contribution < 1.29 is 9.53 Å². The standard InChI is InChI=1S/C16H28N2O2/c1-12-4-7-15(20-12)8-9-16(19)18(14-5-6-14)11-13-3-2-10-17-13/h12-15,17H,2-11H2,1H3.